The molecule has 0 aromatic heterocycles. The molecule has 2 aliphatic rings. The lowest BCUT2D eigenvalue weighted by Crippen LogP contribution is -2.64. The van der Waals surface area contributed by atoms with Crippen LogP contribution >= 0.6 is 0 Å². The number of benzene rings is 3. The van der Waals surface area contributed by atoms with Gasteiger partial charge in [-0.25, -0.2) is 14.4 Å². The van der Waals surface area contributed by atoms with Crippen molar-refractivity contribution in [3.05, 3.63) is 114 Å². The Kier molecular flexibility index (Phi) is 8.59. The van der Waals surface area contributed by atoms with Crippen molar-refractivity contribution < 1.29 is 28.6 Å². The standard InChI is InChI=1S/C33H35N3O6/c1-4-19-40-30(37)33(23-34(2)3)20-27-26-17-11-12-18-28(26)35(31(38)41-21-24-13-7-5-8-14-24)29(27)36(33)32(39)42-22-25-15-9-6-10-16-25/h4-18,27,29H,1,19-23H2,2-3H3/t27-,29-,33-/m0/s1. The number of para-hydroxylation sites is 1. The number of ether oxygens (including phenoxy) is 3. The van der Waals surface area contributed by atoms with E-state index in [1.165, 1.54) is 15.9 Å². The molecule has 0 radical (unpaired) electrons. The summed E-state index contributed by atoms with van der Waals surface area (Å²) in [5.41, 5.74) is 1.65. The van der Waals surface area contributed by atoms with Crippen molar-refractivity contribution in [2.75, 3.05) is 32.1 Å². The summed E-state index contributed by atoms with van der Waals surface area (Å²) in [5, 5.41) is 0. The van der Waals surface area contributed by atoms with Gasteiger partial charge in [0.1, 0.15) is 26.0 Å². The van der Waals surface area contributed by atoms with E-state index in [1.807, 2.05) is 104 Å². The predicted molar refractivity (Wildman–Crippen MR) is 158 cm³/mol. The van der Waals surface area contributed by atoms with E-state index >= 15 is 0 Å². The first kappa shape index (κ1) is 28.9. The van der Waals surface area contributed by atoms with E-state index < -0.39 is 29.9 Å². The van der Waals surface area contributed by atoms with Gasteiger partial charge in [0.15, 0.2) is 5.54 Å². The summed E-state index contributed by atoms with van der Waals surface area (Å²) >= 11 is 0. The minimum atomic E-state index is -1.44. The number of fused-ring (bicyclic) bond motifs is 3. The van der Waals surface area contributed by atoms with E-state index in [0.29, 0.717) is 5.69 Å². The van der Waals surface area contributed by atoms with Gasteiger partial charge >= 0.3 is 18.2 Å². The van der Waals surface area contributed by atoms with Crippen LogP contribution in [0.3, 0.4) is 0 Å². The van der Waals surface area contributed by atoms with Gasteiger partial charge in [-0.2, -0.15) is 0 Å². The van der Waals surface area contributed by atoms with E-state index in [9.17, 15) is 14.4 Å². The van der Waals surface area contributed by atoms with Crippen molar-refractivity contribution in [1.82, 2.24) is 9.80 Å². The maximum atomic E-state index is 14.1. The number of amides is 2. The lowest BCUT2D eigenvalue weighted by molar-refractivity contribution is -0.156. The van der Waals surface area contributed by atoms with Crippen molar-refractivity contribution in [2.24, 2.45) is 0 Å². The maximum absolute atomic E-state index is 14.1. The molecule has 0 unspecified atom stereocenters. The topological polar surface area (TPSA) is 88.6 Å². The molecule has 2 heterocycles. The monoisotopic (exact) mass is 569 g/mol. The number of esters is 1. The molecule has 218 valence electrons. The quantitative estimate of drug-likeness (QED) is 0.196. The van der Waals surface area contributed by atoms with Gasteiger partial charge in [0.05, 0.1) is 5.69 Å². The molecule has 3 aromatic rings. The minimum Gasteiger partial charge on any atom is -0.460 e. The Morgan fingerprint density at radius 2 is 1.43 bits per heavy atom. The summed E-state index contributed by atoms with van der Waals surface area (Å²) in [6.45, 7) is 3.86. The van der Waals surface area contributed by atoms with Crippen molar-refractivity contribution in [3.63, 3.8) is 0 Å². The third-order valence-corrected chi connectivity index (χ3v) is 7.60. The van der Waals surface area contributed by atoms with E-state index in [4.69, 9.17) is 14.2 Å². The molecule has 1 saturated heterocycles. The highest BCUT2D eigenvalue weighted by Gasteiger charge is 2.65. The molecular formula is C33H35N3O6. The first-order valence-electron chi connectivity index (χ1n) is 13.9. The second-order valence-corrected chi connectivity index (χ2v) is 10.8. The van der Waals surface area contributed by atoms with Crippen LogP contribution in [-0.4, -0.2) is 66.9 Å². The highest BCUT2D eigenvalue weighted by molar-refractivity contribution is 5.96. The van der Waals surface area contributed by atoms with Gasteiger partial charge in [0, 0.05) is 12.5 Å². The van der Waals surface area contributed by atoms with Crippen molar-refractivity contribution in [1.29, 1.82) is 0 Å². The molecular weight excluding hydrogens is 534 g/mol. The molecule has 3 atom stereocenters. The zero-order valence-electron chi connectivity index (χ0n) is 23.8. The van der Waals surface area contributed by atoms with Gasteiger partial charge in [-0.15, -0.1) is 0 Å². The van der Waals surface area contributed by atoms with Crippen LogP contribution in [-0.2, 0) is 32.2 Å². The van der Waals surface area contributed by atoms with Crippen LogP contribution in [0.4, 0.5) is 15.3 Å². The van der Waals surface area contributed by atoms with Crippen LogP contribution in [0.5, 0.6) is 0 Å². The normalized spacial score (nSPS) is 20.5. The minimum absolute atomic E-state index is 0.00128. The molecule has 9 nitrogen and oxygen atoms in total. The highest BCUT2D eigenvalue weighted by atomic mass is 16.6. The number of carbonyl (C=O) groups excluding carboxylic acids is 3. The van der Waals surface area contributed by atoms with Crippen molar-refractivity contribution in [2.45, 2.75) is 37.3 Å². The van der Waals surface area contributed by atoms with Gasteiger partial charge in [-0.3, -0.25) is 9.80 Å². The summed E-state index contributed by atoms with van der Waals surface area (Å²) in [4.78, 5) is 46.6. The number of likely N-dealkylation sites (N-methyl/N-ethyl adjacent to an activating group) is 1. The summed E-state index contributed by atoms with van der Waals surface area (Å²) in [7, 11) is 3.65. The molecule has 0 spiro atoms. The molecule has 3 aromatic carbocycles. The second kappa shape index (κ2) is 12.5. The van der Waals surface area contributed by atoms with E-state index in [-0.39, 0.29) is 38.7 Å². The molecule has 0 saturated carbocycles. The van der Waals surface area contributed by atoms with E-state index in [2.05, 4.69) is 6.58 Å². The third-order valence-electron chi connectivity index (χ3n) is 7.60. The number of nitrogens with zero attached hydrogens (tertiary/aromatic N) is 3. The molecule has 2 amide bonds. The number of carbonyl (C=O) groups is 3. The molecule has 9 heteroatoms. The molecule has 0 N–H and O–H groups in total. The molecule has 42 heavy (non-hydrogen) atoms. The Morgan fingerprint density at radius 1 is 0.857 bits per heavy atom. The summed E-state index contributed by atoms with van der Waals surface area (Å²) in [6, 6.07) is 26.1. The van der Waals surface area contributed by atoms with Crippen LogP contribution in [0.1, 0.15) is 29.0 Å². The fourth-order valence-corrected chi connectivity index (χ4v) is 5.98. The lowest BCUT2D eigenvalue weighted by atomic mass is 9.88. The summed E-state index contributed by atoms with van der Waals surface area (Å²) in [6.07, 6.45) is -0.508. The van der Waals surface area contributed by atoms with Crippen LogP contribution in [0.25, 0.3) is 0 Å². The van der Waals surface area contributed by atoms with Crippen LogP contribution in [0, 0.1) is 0 Å². The summed E-state index contributed by atoms with van der Waals surface area (Å²) in [5.74, 6) is -0.969. The Hall–Kier alpha value is -4.63. The first-order valence-corrected chi connectivity index (χ1v) is 13.9. The van der Waals surface area contributed by atoms with Gasteiger partial charge < -0.3 is 19.1 Å². The number of hydrogen-bond acceptors (Lipinski definition) is 7. The van der Waals surface area contributed by atoms with Gasteiger partial charge in [-0.05, 0) is 43.3 Å². The average molecular weight is 570 g/mol. The average Bonchev–Trinajstić information content (AvgIpc) is 3.49. The number of hydrogen-bond donors (Lipinski definition) is 0. The lowest BCUT2D eigenvalue weighted by Gasteiger charge is -2.41. The Morgan fingerprint density at radius 3 is 2.02 bits per heavy atom. The van der Waals surface area contributed by atoms with Crippen molar-refractivity contribution in [3.8, 4) is 0 Å². The molecule has 1 fully saturated rings. The van der Waals surface area contributed by atoms with E-state index in [0.717, 1.165) is 16.7 Å². The summed E-state index contributed by atoms with van der Waals surface area (Å²) < 4.78 is 17.2. The van der Waals surface area contributed by atoms with Gasteiger partial charge in [0.25, 0.3) is 0 Å². The smallest absolute Gasteiger partial charge is 0.416 e. The zero-order chi connectivity index (χ0) is 29.7. The van der Waals surface area contributed by atoms with Crippen LogP contribution in [0.2, 0.25) is 0 Å². The third kappa shape index (κ3) is 5.60. The number of rotatable bonds is 9. The van der Waals surface area contributed by atoms with Crippen LogP contribution < -0.4 is 4.90 Å². The number of likely N-dealkylation sites (tertiary alicyclic amines) is 1. The van der Waals surface area contributed by atoms with Crippen molar-refractivity contribution >= 4 is 23.8 Å². The molecule has 0 bridgehead atoms. The Bertz CT molecular complexity index is 1430. The molecule has 0 aliphatic carbocycles. The molecule has 5 rings (SSSR count). The Balaban J connectivity index is 1.55. The van der Waals surface area contributed by atoms with E-state index in [1.54, 1.807) is 0 Å². The highest BCUT2D eigenvalue weighted by Crippen LogP contribution is 2.54. The maximum Gasteiger partial charge on any atom is 0.416 e. The fourth-order valence-electron chi connectivity index (χ4n) is 5.98. The first-order chi connectivity index (χ1) is 20.4. The zero-order valence-corrected chi connectivity index (χ0v) is 23.8. The van der Waals surface area contributed by atoms with Crippen LogP contribution in [0.15, 0.2) is 97.6 Å². The Labute approximate surface area is 245 Å². The SMILES string of the molecule is C=CCOC(=O)[C@@]1(CN(C)C)C[C@H]2c3ccccc3N(C(=O)OCc3ccccc3)[C@H]2N1C(=O)OCc1ccccc1. The number of anilines is 1. The second-order valence-electron chi connectivity index (χ2n) is 10.8. The predicted octanol–water partition coefficient (Wildman–Crippen LogP) is 5.33. The molecule has 2 aliphatic heterocycles. The largest absolute Gasteiger partial charge is 0.460 e. The van der Waals surface area contributed by atoms with Gasteiger partial charge in [-0.1, -0.05) is 91.5 Å². The fraction of sp³-hybridized carbons (Fsp3) is 0.303. The van der Waals surface area contributed by atoms with Gasteiger partial charge in [0.2, 0.25) is 0 Å².